The zero-order chi connectivity index (χ0) is 17.2. The second-order valence-electron chi connectivity index (χ2n) is 5.63. The minimum atomic E-state index is -0.183. The quantitative estimate of drug-likeness (QED) is 0.641. The number of nitrogens with one attached hydrogen (secondary N) is 2. The highest BCUT2D eigenvalue weighted by Gasteiger charge is 2.16. The van der Waals surface area contributed by atoms with E-state index in [1.807, 2.05) is 6.92 Å². The predicted molar refractivity (Wildman–Crippen MR) is 93.8 cm³/mol. The van der Waals surface area contributed by atoms with E-state index in [1.165, 1.54) is 7.11 Å². The number of carbonyl (C=O) groups excluding carboxylic acids is 1. The summed E-state index contributed by atoms with van der Waals surface area (Å²) in [6.45, 7) is 8.99. The van der Waals surface area contributed by atoms with Gasteiger partial charge in [0.05, 0.1) is 18.7 Å². The lowest BCUT2D eigenvalue weighted by Gasteiger charge is -2.15. The van der Waals surface area contributed by atoms with E-state index in [2.05, 4.69) is 24.5 Å². The molecule has 6 heteroatoms. The van der Waals surface area contributed by atoms with E-state index in [-0.39, 0.29) is 5.91 Å². The van der Waals surface area contributed by atoms with Crippen molar-refractivity contribution in [3.05, 3.63) is 22.7 Å². The van der Waals surface area contributed by atoms with Crippen LogP contribution in [0.1, 0.15) is 37.6 Å². The van der Waals surface area contributed by atoms with Crippen LogP contribution in [0.4, 0.5) is 0 Å². The monoisotopic (exact) mass is 342 g/mol. The highest BCUT2D eigenvalue weighted by atomic mass is 35.5. The minimum absolute atomic E-state index is 0.183. The molecule has 23 heavy (non-hydrogen) atoms. The number of ether oxygens (including phenoxy) is 2. The molecule has 0 unspecified atom stereocenters. The fourth-order valence-corrected chi connectivity index (χ4v) is 2.20. The molecule has 1 aromatic carbocycles. The topological polar surface area (TPSA) is 59.6 Å². The van der Waals surface area contributed by atoms with Gasteiger partial charge >= 0.3 is 0 Å². The standard InChI is InChI=1S/C17H27ClN2O3/c1-5-19-7-8-20-17(21)13-10-14(18)16(15(11-13)22-4)23-9-6-12(2)3/h10-12,19H,5-9H2,1-4H3,(H,20,21). The summed E-state index contributed by atoms with van der Waals surface area (Å²) >= 11 is 6.26. The Morgan fingerprint density at radius 1 is 1.30 bits per heavy atom. The molecule has 0 atom stereocenters. The van der Waals surface area contributed by atoms with Crippen molar-refractivity contribution in [1.29, 1.82) is 0 Å². The molecule has 0 aromatic heterocycles. The van der Waals surface area contributed by atoms with Gasteiger partial charge in [-0.2, -0.15) is 0 Å². The number of halogens is 1. The van der Waals surface area contributed by atoms with Gasteiger partial charge in [0.15, 0.2) is 11.5 Å². The van der Waals surface area contributed by atoms with Crippen molar-refractivity contribution in [3.63, 3.8) is 0 Å². The molecule has 0 heterocycles. The maximum absolute atomic E-state index is 12.1. The number of carbonyl (C=O) groups is 1. The Balaban J connectivity index is 2.76. The fourth-order valence-electron chi connectivity index (χ4n) is 1.93. The third-order valence-electron chi connectivity index (χ3n) is 3.27. The summed E-state index contributed by atoms with van der Waals surface area (Å²) in [5.41, 5.74) is 0.458. The van der Waals surface area contributed by atoms with Crippen LogP contribution in [0, 0.1) is 5.92 Å². The average molecular weight is 343 g/mol. The van der Waals surface area contributed by atoms with Crippen LogP contribution in [0.2, 0.25) is 5.02 Å². The molecule has 1 aromatic rings. The van der Waals surface area contributed by atoms with Crippen LogP contribution in [0.25, 0.3) is 0 Å². The van der Waals surface area contributed by atoms with Crippen LogP contribution in [0.3, 0.4) is 0 Å². The van der Waals surface area contributed by atoms with Crippen molar-refractivity contribution < 1.29 is 14.3 Å². The lowest BCUT2D eigenvalue weighted by atomic mass is 10.1. The summed E-state index contributed by atoms with van der Waals surface area (Å²) in [6, 6.07) is 3.26. The summed E-state index contributed by atoms with van der Waals surface area (Å²) in [5, 5.41) is 6.36. The smallest absolute Gasteiger partial charge is 0.251 e. The van der Waals surface area contributed by atoms with E-state index in [9.17, 15) is 4.79 Å². The Bertz CT molecular complexity index is 507. The second kappa shape index (κ2) is 10.3. The van der Waals surface area contributed by atoms with E-state index >= 15 is 0 Å². The van der Waals surface area contributed by atoms with Crippen molar-refractivity contribution in [2.45, 2.75) is 27.2 Å². The first kappa shape index (κ1) is 19.6. The molecule has 5 nitrogen and oxygen atoms in total. The number of hydrogen-bond acceptors (Lipinski definition) is 4. The van der Waals surface area contributed by atoms with Crippen LogP contribution < -0.4 is 20.1 Å². The number of amides is 1. The van der Waals surface area contributed by atoms with E-state index in [1.54, 1.807) is 12.1 Å². The van der Waals surface area contributed by atoms with Crippen LogP contribution in [-0.4, -0.2) is 39.3 Å². The largest absolute Gasteiger partial charge is 0.493 e. The number of benzene rings is 1. The highest BCUT2D eigenvalue weighted by molar-refractivity contribution is 6.32. The van der Waals surface area contributed by atoms with E-state index in [0.717, 1.165) is 19.5 Å². The van der Waals surface area contributed by atoms with Gasteiger partial charge in [0.25, 0.3) is 5.91 Å². The van der Waals surface area contributed by atoms with Crippen LogP contribution in [0.15, 0.2) is 12.1 Å². The molecule has 0 aliphatic carbocycles. The normalized spacial score (nSPS) is 10.7. The molecule has 0 fully saturated rings. The Morgan fingerprint density at radius 3 is 2.65 bits per heavy atom. The zero-order valence-corrected chi connectivity index (χ0v) is 15.1. The van der Waals surface area contributed by atoms with Gasteiger partial charge in [0.2, 0.25) is 0 Å². The average Bonchev–Trinajstić information content (AvgIpc) is 2.52. The first-order valence-corrected chi connectivity index (χ1v) is 8.36. The van der Waals surface area contributed by atoms with Crippen molar-refractivity contribution in [2.24, 2.45) is 5.92 Å². The third kappa shape index (κ3) is 6.67. The summed E-state index contributed by atoms with van der Waals surface area (Å²) in [6.07, 6.45) is 0.923. The Morgan fingerprint density at radius 2 is 2.04 bits per heavy atom. The van der Waals surface area contributed by atoms with Crippen LogP contribution >= 0.6 is 11.6 Å². The molecule has 1 amide bonds. The van der Waals surface area contributed by atoms with E-state index in [0.29, 0.717) is 41.2 Å². The molecule has 0 saturated heterocycles. The van der Waals surface area contributed by atoms with Gasteiger partial charge in [0.1, 0.15) is 0 Å². The lowest BCUT2D eigenvalue weighted by molar-refractivity contribution is 0.0953. The SMILES string of the molecule is CCNCCNC(=O)c1cc(Cl)c(OCCC(C)C)c(OC)c1. The van der Waals surface area contributed by atoms with Crippen LogP contribution in [0.5, 0.6) is 11.5 Å². The van der Waals surface area contributed by atoms with Gasteiger partial charge in [-0.1, -0.05) is 32.4 Å². The van der Waals surface area contributed by atoms with E-state index in [4.69, 9.17) is 21.1 Å². The third-order valence-corrected chi connectivity index (χ3v) is 3.55. The zero-order valence-electron chi connectivity index (χ0n) is 14.4. The first-order valence-electron chi connectivity index (χ1n) is 7.98. The minimum Gasteiger partial charge on any atom is -0.493 e. The summed E-state index contributed by atoms with van der Waals surface area (Å²) in [7, 11) is 1.54. The maximum atomic E-state index is 12.1. The molecule has 0 radical (unpaired) electrons. The molecular formula is C17H27ClN2O3. The molecule has 0 saturated carbocycles. The number of rotatable bonds is 10. The predicted octanol–water partition coefficient (Wildman–Crippen LogP) is 3.11. The van der Waals surface area contributed by atoms with Crippen molar-refractivity contribution in [2.75, 3.05) is 33.4 Å². The summed E-state index contributed by atoms with van der Waals surface area (Å²) < 4.78 is 11.0. The molecule has 130 valence electrons. The number of likely N-dealkylation sites (N-methyl/N-ethyl adjacent to an activating group) is 1. The highest BCUT2D eigenvalue weighted by Crippen LogP contribution is 2.36. The fraction of sp³-hybridized carbons (Fsp3) is 0.588. The molecule has 0 aliphatic rings. The van der Waals surface area contributed by atoms with Crippen LogP contribution in [-0.2, 0) is 0 Å². The van der Waals surface area contributed by atoms with Gasteiger partial charge in [0, 0.05) is 18.7 Å². The molecule has 1 rings (SSSR count). The molecule has 0 aliphatic heterocycles. The van der Waals surface area contributed by atoms with Crippen molar-refractivity contribution in [3.8, 4) is 11.5 Å². The molecule has 0 spiro atoms. The van der Waals surface area contributed by atoms with Crippen molar-refractivity contribution in [1.82, 2.24) is 10.6 Å². The molecule has 2 N–H and O–H groups in total. The Labute approximate surface area is 143 Å². The maximum Gasteiger partial charge on any atom is 0.251 e. The Kier molecular flexibility index (Phi) is 8.81. The lowest BCUT2D eigenvalue weighted by Crippen LogP contribution is -2.31. The number of hydrogen-bond donors (Lipinski definition) is 2. The molecule has 0 bridgehead atoms. The molecular weight excluding hydrogens is 316 g/mol. The van der Waals surface area contributed by atoms with Gasteiger partial charge in [-0.3, -0.25) is 4.79 Å². The number of methoxy groups -OCH3 is 1. The second-order valence-corrected chi connectivity index (χ2v) is 6.04. The van der Waals surface area contributed by atoms with Gasteiger partial charge in [-0.25, -0.2) is 0 Å². The Hall–Kier alpha value is -1.46. The first-order chi connectivity index (χ1) is 11.0. The summed E-state index contributed by atoms with van der Waals surface area (Å²) in [5.74, 6) is 1.32. The van der Waals surface area contributed by atoms with Gasteiger partial charge < -0.3 is 20.1 Å². The van der Waals surface area contributed by atoms with E-state index < -0.39 is 0 Å². The van der Waals surface area contributed by atoms with Gasteiger partial charge in [-0.05, 0) is 31.0 Å². The van der Waals surface area contributed by atoms with Crippen molar-refractivity contribution >= 4 is 17.5 Å². The van der Waals surface area contributed by atoms with Gasteiger partial charge in [-0.15, -0.1) is 0 Å². The summed E-state index contributed by atoms with van der Waals surface area (Å²) in [4.78, 5) is 12.1.